The normalized spacial score (nSPS) is 25.4. The Kier molecular flexibility index (Phi) is 4.81. The van der Waals surface area contributed by atoms with Crippen molar-refractivity contribution in [2.75, 3.05) is 6.61 Å². The second-order valence-electron chi connectivity index (χ2n) is 5.90. The van der Waals surface area contributed by atoms with Crippen LogP contribution in [0.1, 0.15) is 22.3 Å². The van der Waals surface area contributed by atoms with Crippen LogP contribution in [0.4, 0.5) is 4.39 Å². The number of rotatable bonds is 4. The van der Waals surface area contributed by atoms with E-state index in [1.165, 1.54) is 18.3 Å². The van der Waals surface area contributed by atoms with Gasteiger partial charge < -0.3 is 20.7 Å². The molecule has 1 aliphatic rings. The van der Waals surface area contributed by atoms with Crippen LogP contribution >= 0.6 is 0 Å². The Balaban J connectivity index is 2.01. The van der Waals surface area contributed by atoms with Crippen LogP contribution in [-0.4, -0.2) is 55.6 Å². The van der Waals surface area contributed by atoms with Gasteiger partial charge in [0.2, 0.25) is 0 Å². The van der Waals surface area contributed by atoms with Crippen molar-refractivity contribution in [3.05, 3.63) is 46.1 Å². The number of aromatic nitrogens is 3. The van der Waals surface area contributed by atoms with E-state index in [0.717, 1.165) is 4.57 Å². The van der Waals surface area contributed by atoms with Crippen LogP contribution in [0.15, 0.2) is 29.2 Å². The van der Waals surface area contributed by atoms with Gasteiger partial charge in [-0.3, -0.25) is 14.3 Å². The van der Waals surface area contributed by atoms with Gasteiger partial charge in [0.15, 0.2) is 12.4 Å². The predicted octanol–water partition coefficient (Wildman–Crippen LogP) is -0.699. The van der Waals surface area contributed by atoms with Crippen molar-refractivity contribution < 1.29 is 24.1 Å². The molecule has 138 valence electrons. The molecule has 3 rings (SSSR count). The highest BCUT2D eigenvalue weighted by Crippen LogP contribution is 2.31. The van der Waals surface area contributed by atoms with Gasteiger partial charge in [-0.25, -0.2) is 9.18 Å². The van der Waals surface area contributed by atoms with Crippen molar-refractivity contribution in [2.45, 2.75) is 31.5 Å². The van der Waals surface area contributed by atoms with Crippen LogP contribution in [0.25, 0.3) is 11.4 Å². The number of hydrogen-bond acceptors (Lipinski definition) is 7. The molecule has 0 aliphatic carbocycles. The highest BCUT2D eigenvalue weighted by atomic mass is 19.1. The molecule has 2 aromatic heterocycles. The summed E-state index contributed by atoms with van der Waals surface area (Å²) < 4.78 is 20.2. The molecule has 3 heterocycles. The molecule has 0 unspecified atom stereocenters. The molecule has 0 bridgehead atoms. The van der Waals surface area contributed by atoms with Crippen LogP contribution in [0.2, 0.25) is 0 Å². The van der Waals surface area contributed by atoms with Crippen molar-refractivity contribution in [1.82, 2.24) is 14.5 Å². The summed E-state index contributed by atoms with van der Waals surface area (Å²) in [6.45, 7) is 1.11. The smallest absolute Gasteiger partial charge is 0.350 e. The number of aliphatic hydroxyl groups is 2. The van der Waals surface area contributed by atoms with Crippen LogP contribution in [-0.2, 0) is 4.74 Å². The minimum absolute atomic E-state index is 0.0939. The number of aliphatic hydroxyl groups excluding tert-OH is 2. The fourth-order valence-corrected chi connectivity index (χ4v) is 2.77. The molecule has 1 amide bonds. The third-order valence-corrected chi connectivity index (χ3v) is 4.12. The summed E-state index contributed by atoms with van der Waals surface area (Å²) in [6, 6.07) is 4.44. The summed E-state index contributed by atoms with van der Waals surface area (Å²) >= 11 is 0. The Bertz CT molecular complexity index is 902. The molecule has 2 aromatic rings. The number of aryl methyl sites for hydroxylation is 1. The van der Waals surface area contributed by atoms with Gasteiger partial charge in [0, 0.05) is 11.9 Å². The van der Waals surface area contributed by atoms with Crippen LogP contribution < -0.4 is 11.4 Å². The molecule has 0 spiro atoms. The van der Waals surface area contributed by atoms with Gasteiger partial charge in [-0.05, 0) is 25.1 Å². The first-order valence-corrected chi connectivity index (χ1v) is 7.79. The Morgan fingerprint density at radius 1 is 1.38 bits per heavy atom. The number of ether oxygens (including phenoxy) is 1. The number of primary amides is 1. The highest BCUT2D eigenvalue weighted by Gasteiger charge is 2.45. The minimum atomic E-state index is -1.91. The number of amides is 1. The van der Waals surface area contributed by atoms with E-state index >= 15 is 0 Å². The Morgan fingerprint density at radius 3 is 2.69 bits per heavy atom. The third-order valence-electron chi connectivity index (χ3n) is 4.12. The molecule has 4 N–H and O–H groups in total. The average Bonchev–Trinajstić information content (AvgIpc) is 2.89. The first-order chi connectivity index (χ1) is 12.3. The number of carbonyl (C=O) groups is 1. The number of hydrogen-bond donors (Lipinski definition) is 3. The maximum Gasteiger partial charge on any atom is 0.350 e. The van der Waals surface area contributed by atoms with Crippen LogP contribution in [0.5, 0.6) is 0 Å². The summed E-state index contributed by atoms with van der Waals surface area (Å²) in [5.74, 6) is -0.727. The average molecular weight is 364 g/mol. The second-order valence-corrected chi connectivity index (χ2v) is 5.90. The van der Waals surface area contributed by atoms with E-state index in [2.05, 4.69) is 9.97 Å². The Morgan fingerprint density at radius 2 is 2.12 bits per heavy atom. The Hall–Kier alpha value is -2.69. The lowest BCUT2D eigenvalue weighted by Gasteiger charge is -2.16. The predicted molar refractivity (Wildman–Crippen MR) is 86.9 cm³/mol. The van der Waals surface area contributed by atoms with Gasteiger partial charge in [0.25, 0.3) is 5.91 Å². The van der Waals surface area contributed by atoms with Gasteiger partial charge in [0.05, 0.1) is 17.9 Å². The lowest BCUT2D eigenvalue weighted by molar-refractivity contribution is -0.0491. The maximum absolute atomic E-state index is 14.2. The second kappa shape index (κ2) is 6.90. The SMILES string of the molecule is Cc1ccc(C(N)=O)c(-c2ccn([C@H]3O[C@H](CO)[C@@H](O)[C@H]3F)c(=O)n2)n1. The van der Waals surface area contributed by atoms with Crippen LogP contribution in [0.3, 0.4) is 0 Å². The molecule has 0 radical (unpaired) electrons. The Labute approximate surface area is 146 Å². The first kappa shape index (κ1) is 18.1. The van der Waals surface area contributed by atoms with E-state index in [0.29, 0.717) is 5.69 Å². The van der Waals surface area contributed by atoms with Gasteiger partial charge in [0.1, 0.15) is 17.9 Å². The summed E-state index contributed by atoms with van der Waals surface area (Å²) in [7, 11) is 0. The number of alkyl halides is 1. The topological polar surface area (TPSA) is 141 Å². The van der Waals surface area contributed by atoms with E-state index in [9.17, 15) is 19.1 Å². The lowest BCUT2D eigenvalue weighted by atomic mass is 10.1. The molecule has 1 fully saturated rings. The zero-order chi connectivity index (χ0) is 19.0. The number of nitrogens with two attached hydrogens (primary N) is 1. The molecule has 9 nitrogen and oxygen atoms in total. The first-order valence-electron chi connectivity index (χ1n) is 7.79. The van der Waals surface area contributed by atoms with Crippen molar-refractivity contribution in [3.63, 3.8) is 0 Å². The van der Waals surface area contributed by atoms with Gasteiger partial charge in [-0.15, -0.1) is 0 Å². The van der Waals surface area contributed by atoms with Crippen LogP contribution in [0, 0.1) is 6.92 Å². The molecule has 26 heavy (non-hydrogen) atoms. The molecular formula is C16H17FN4O5. The fraction of sp³-hybridized carbons (Fsp3) is 0.375. The zero-order valence-electron chi connectivity index (χ0n) is 13.7. The summed E-state index contributed by atoms with van der Waals surface area (Å²) in [4.78, 5) is 31.9. The number of halogens is 1. The standard InChI is InChI=1S/C16H17FN4O5/c1-7-2-3-8(14(18)24)12(19-7)9-4-5-21(16(25)20-9)15-11(17)13(23)10(6-22)26-15/h2-5,10-11,13,15,22-23H,6H2,1H3,(H2,18,24)/t10-,11-,13-,15+/m1/s1. The number of carbonyl (C=O) groups excluding carboxylic acids is 1. The van der Waals surface area contributed by atoms with Gasteiger partial charge >= 0.3 is 5.69 Å². The zero-order valence-corrected chi connectivity index (χ0v) is 13.7. The van der Waals surface area contributed by atoms with Gasteiger partial charge in [-0.1, -0.05) is 0 Å². The van der Waals surface area contributed by atoms with E-state index in [1.54, 1.807) is 13.0 Å². The minimum Gasteiger partial charge on any atom is -0.394 e. The molecule has 0 saturated carbocycles. The van der Waals surface area contributed by atoms with E-state index < -0.39 is 42.8 Å². The molecule has 4 atom stereocenters. The summed E-state index contributed by atoms with van der Waals surface area (Å²) in [5.41, 5.74) is 5.38. The van der Waals surface area contributed by atoms with Crippen molar-refractivity contribution in [3.8, 4) is 11.4 Å². The molecule has 0 aromatic carbocycles. The number of pyridine rings is 1. The summed E-state index contributed by atoms with van der Waals surface area (Å²) in [5, 5.41) is 18.8. The lowest BCUT2D eigenvalue weighted by Crippen LogP contribution is -2.33. The van der Waals surface area contributed by atoms with E-state index in [-0.39, 0.29) is 17.0 Å². The fourth-order valence-electron chi connectivity index (χ4n) is 2.77. The number of nitrogens with zero attached hydrogens (tertiary/aromatic N) is 3. The van der Waals surface area contributed by atoms with Crippen molar-refractivity contribution in [1.29, 1.82) is 0 Å². The van der Waals surface area contributed by atoms with E-state index in [1.807, 2.05) is 0 Å². The largest absolute Gasteiger partial charge is 0.394 e. The monoisotopic (exact) mass is 364 g/mol. The van der Waals surface area contributed by atoms with Crippen molar-refractivity contribution in [2.24, 2.45) is 5.73 Å². The third kappa shape index (κ3) is 3.09. The highest BCUT2D eigenvalue weighted by molar-refractivity contribution is 5.98. The quantitative estimate of drug-likeness (QED) is 0.651. The van der Waals surface area contributed by atoms with E-state index in [4.69, 9.17) is 15.6 Å². The maximum atomic E-state index is 14.2. The van der Waals surface area contributed by atoms with Crippen molar-refractivity contribution >= 4 is 5.91 Å². The van der Waals surface area contributed by atoms with Gasteiger partial charge in [-0.2, -0.15) is 4.98 Å². The molecule has 1 aliphatic heterocycles. The molecule has 10 heteroatoms. The molecule has 1 saturated heterocycles. The molecular weight excluding hydrogens is 347 g/mol. The summed E-state index contributed by atoms with van der Waals surface area (Å²) in [6.07, 6.45) is -4.80.